The number of nitrogens with zero attached hydrogens (tertiary/aromatic N) is 5. The second-order valence-electron chi connectivity index (χ2n) is 10.5. The Kier molecular flexibility index (Phi) is 7.85. The zero-order chi connectivity index (χ0) is 25.8. The number of anilines is 1. The highest BCUT2D eigenvalue weighted by Crippen LogP contribution is 2.36. The molecule has 194 valence electrons. The molecule has 1 saturated heterocycles. The lowest BCUT2D eigenvalue weighted by molar-refractivity contribution is 0.258. The van der Waals surface area contributed by atoms with Crippen molar-refractivity contribution in [2.24, 2.45) is 0 Å². The Morgan fingerprint density at radius 1 is 1.03 bits per heavy atom. The fourth-order valence-corrected chi connectivity index (χ4v) is 5.70. The van der Waals surface area contributed by atoms with Gasteiger partial charge in [-0.15, -0.1) is 5.10 Å². The van der Waals surface area contributed by atoms with E-state index < -0.39 is 0 Å². The first kappa shape index (κ1) is 25.4. The van der Waals surface area contributed by atoms with Crippen molar-refractivity contribution in [3.05, 3.63) is 83.8 Å². The van der Waals surface area contributed by atoms with E-state index in [2.05, 4.69) is 73.3 Å². The summed E-state index contributed by atoms with van der Waals surface area (Å²) in [5.74, 6) is 0.729. The summed E-state index contributed by atoms with van der Waals surface area (Å²) in [6, 6.07) is 22.5. The summed E-state index contributed by atoms with van der Waals surface area (Å²) in [7, 11) is 4.36. The molecule has 6 heteroatoms. The molecule has 4 aromatic rings. The van der Waals surface area contributed by atoms with Crippen LogP contribution in [0, 0.1) is 5.82 Å². The van der Waals surface area contributed by atoms with Gasteiger partial charge in [0.2, 0.25) is 0 Å². The summed E-state index contributed by atoms with van der Waals surface area (Å²) in [6.07, 6.45) is 7.82. The third-order valence-electron chi connectivity index (χ3n) is 7.66. The van der Waals surface area contributed by atoms with E-state index in [9.17, 15) is 4.39 Å². The third-order valence-corrected chi connectivity index (χ3v) is 7.66. The summed E-state index contributed by atoms with van der Waals surface area (Å²) < 4.78 is 15.9. The van der Waals surface area contributed by atoms with Gasteiger partial charge >= 0.3 is 0 Å². The number of benzene rings is 1. The fourth-order valence-electron chi connectivity index (χ4n) is 5.70. The Morgan fingerprint density at radius 3 is 2.68 bits per heavy atom. The number of halogens is 1. The van der Waals surface area contributed by atoms with Crippen LogP contribution in [0.1, 0.15) is 62.7 Å². The van der Waals surface area contributed by atoms with Gasteiger partial charge in [-0.2, -0.15) is 0 Å². The largest absolute Gasteiger partial charge is 0.348 e. The number of aromatic nitrogens is 3. The van der Waals surface area contributed by atoms with Crippen LogP contribution in [0.2, 0.25) is 0 Å². The highest BCUT2D eigenvalue weighted by molar-refractivity contribution is 5.65. The zero-order valence-corrected chi connectivity index (χ0v) is 22.3. The van der Waals surface area contributed by atoms with Crippen LogP contribution in [0.5, 0.6) is 0 Å². The smallest absolute Gasteiger partial charge is 0.150 e. The number of hydrogen-bond acceptors (Lipinski definition) is 4. The summed E-state index contributed by atoms with van der Waals surface area (Å²) in [5, 5.41) is 5.05. The minimum absolute atomic E-state index is 0.139. The lowest BCUT2D eigenvalue weighted by Crippen LogP contribution is -2.27. The van der Waals surface area contributed by atoms with E-state index in [1.54, 1.807) is 12.1 Å². The van der Waals surface area contributed by atoms with Crippen molar-refractivity contribution in [2.45, 2.75) is 64.0 Å². The Hall–Kier alpha value is -3.25. The minimum Gasteiger partial charge on any atom is -0.348 e. The molecule has 1 fully saturated rings. The second kappa shape index (κ2) is 11.4. The van der Waals surface area contributed by atoms with Gasteiger partial charge in [0, 0.05) is 18.3 Å². The zero-order valence-electron chi connectivity index (χ0n) is 22.3. The molecule has 2 unspecified atom stereocenters. The van der Waals surface area contributed by atoms with Gasteiger partial charge in [0.15, 0.2) is 0 Å². The lowest BCUT2D eigenvalue weighted by atomic mass is 10.0. The molecule has 1 aromatic carbocycles. The van der Waals surface area contributed by atoms with Crippen molar-refractivity contribution in [3.63, 3.8) is 0 Å². The molecule has 0 aliphatic carbocycles. The molecule has 2 atom stereocenters. The molecular formula is C31H38FN5. The molecular weight excluding hydrogens is 461 g/mol. The molecule has 1 aliphatic heterocycles. The molecule has 0 N–H and O–H groups in total. The van der Waals surface area contributed by atoms with Crippen LogP contribution in [0.25, 0.3) is 16.9 Å². The lowest BCUT2D eigenvalue weighted by Gasteiger charge is -2.26. The molecule has 0 radical (unpaired) electrons. The van der Waals surface area contributed by atoms with Crippen LogP contribution < -0.4 is 4.90 Å². The first-order valence-electron chi connectivity index (χ1n) is 13.7. The van der Waals surface area contributed by atoms with Crippen molar-refractivity contribution < 1.29 is 4.39 Å². The van der Waals surface area contributed by atoms with Crippen molar-refractivity contribution in [1.82, 2.24) is 19.5 Å². The molecule has 37 heavy (non-hydrogen) atoms. The van der Waals surface area contributed by atoms with Crippen molar-refractivity contribution in [3.8, 4) is 11.4 Å². The molecule has 0 saturated carbocycles. The van der Waals surface area contributed by atoms with E-state index in [4.69, 9.17) is 10.1 Å². The molecule has 1 aliphatic rings. The van der Waals surface area contributed by atoms with E-state index >= 15 is 0 Å². The van der Waals surface area contributed by atoms with Crippen LogP contribution in [0.4, 0.5) is 10.2 Å². The predicted molar refractivity (Wildman–Crippen MR) is 149 cm³/mol. The molecule has 0 spiro atoms. The Morgan fingerprint density at radius 2 is 1.86 bits per heavy atom. The van der Waals surface area contributed by atoms with Crippen LogP contribution in [-0.4, -0.2) is 46.2 Å². The first-order valence-corrected chi connectivity index (χ1v) is 13.7. The Labute approximate surface area is 219 Å². The SMILES string of the molecule is CCCC(CCCc1cccc(-c2ccc3ccc(N4CCCC4c4cccc(F)c4)nn23)n1)N(C)C. The number of hydrogen-bond donors (Lipinski definition) is 0. The molecule has 4 heterocycles. The van der Waals surface area contributed by atoms with Crippen LogP contribution in [0.3, 0.4) is 0 Å². The number of aryl methyl sites for hydroxylation is 1. The van der Waals surface area contributed by atoms with Crippen LogP contribution >= 0.6 is 0 Å². The van der Waals surface area contributed by atoms with E-state index in [0.717, 1.165) is 66.2 Å². The fraction of sp³-hybridized carbons (Fsp3) is 0.419. The maximum absolute atomic E-state index is 13.9. The second-order valence-corrected chi connectivity index (χ2v) is 10.5. The maximum atomic E-state index is 13.9. The molecule has 5 nitrogen and oxygen atoms in total. The van der Waals surface area contributed by atoms with Crippen LogP contribution in [-0.2, 0) is 6.42 Å². The molecule has 0 bridgehead atoms. The Balaban J connectivity index is 1.37. The van der Waals surface area contributed by atoms with Gasteiger partial charge < -0.3 is 9.80 Å². The van der Waals surface area contributed by atoms with Gasteiger partial charge in [0.25, 0.3) is 0 Å². The first-order chi connectivity index (χ1) is 18.0. The topological polar surface area (TPSA) is 36.7 Å². The Bertz CT molecular complexity index is 1330. The summed E-state index contributed by atoms with van der Waals surface area (Å²) in [6.45, 7) is 3.17. The monoisotopic (exact) mass is 499 g/mol. The van der Waals surface area contributed by atoms with Crippen molar-refractivity contribution in [2.75, 3.05) is 25.5 Å². The number of rotatable bonds is 10. The van der Waals surface area contributed by atoms with Gasteiger partial charge in [0.05, 0.1) is 22.9 Å². The number of pyridine rings is 1. The van der Waals surface area contributed by atoms with Crippen LogP contribution in [0.15, 0.2) is 66.7 Å². The quantitative estimate of drug-likeness (QED) is 0.237. The van der Waals surface area contributed by atoms with Crippen molar-refractivity contribution >= 4 is 11.3 Å². The van der Waals surface area contributed by atoms with Gasteiger partial charge in [-0.3, -0.25) is 4.98 Å². The average Bonchev–Trinajstić information content (AvgIpc) is 3.55. The normalized spacial score (nSPS) is 16.7. The van der Waals surface area contributed by atoms with E-state index in [1.807, 2.05) is 10.6 Å². The van der Waals surface area contributed by atoms with Gasteiger partial charge in [0.1, 0.15) is 11.6 Å². The highest BCUT2D eigenvalue weighted by atomic mass is 19.1. The third kappa shape index (κ3) is 5.69. The molecule has 0 amide bonds. The van der Waals surface area contributed by atoms with E-state index in [1.165, 1.54) is 25.3 Å². The summed E-state index contributed by atoms with van der Waals surface area (Å²) in [5.41, 5.74) is 5.13. The highest BCUT2D eigenvalue weighted by Gasteiger charge is 2.28. The molecule has 5 rings (SSSR count). The molecule has 3 aromatic heterocycles. The van der Waals surface area contributed by atoms with Gasteiger partial charge in [-0.05, 0) is 107 Å². The van der Waals surface area contributed by atoms with Gasteiger partial charge in [-0.1, -0.05) is 31.5 Å². The van der Waals surface area contributed by atoms with E-state index in [0.29, 0.717) is 6.04 Å². The standard InChI is InChI=1S/C31H38FN5/c1-4-9-26(35(2)3)14-6-12-25-13-7-15-28(33-25)30-19-17-27-18-20-31(34-37(27)30)36-21-8-16-29(36)23-10-5-11-24(32)22-23/h5,7,10-11,13,15,17-20,22,26,29H,4,6,8-9,12,14,16,21H2,1-3H3. The average molecular weight is 500 g/mol. The maximum Gasteiger partial charge on any atom is 0.150 e. The summed E-state index contributed by atoms with van der Waals surface area (Å²) in [4.78, 5) is 9.68. The number of fused-ring (bicyclic) bond motifs is 1. The van der Waals surface area contributed by atoms with E-state index in [-0.39, 0.29) is 11.9 Å². The van der Waals surface area contributed by atoms with Gasteiger partial charge in [-0.25, -0.2) is 8.91 Å². The summed E-state index contributed by atoms with van der Waals surface area (Å²) >= 11 is 0. The predicted octanol–water partition coefficient (Wildman–Crippen LogP) is 6.93. The van der Waals surface area contributed by atoms with Crippen molar-refractivity contribution in [1.29, 1.82) is 0 Å². The minimum atomic E-state index is -0.186.